The van der Waals surface area contributed by atoms with E-state index in [0.717, 1.165) is 5.33 Å². The fraction of sp³-hybridized carbons (Fsp3) is 0.478. The van der Waals surface area contributed by atoms with Gasteiger partial charge in [0.15, 0.2) is 0 Å². The normalized spacial score (nSPS) is 21.5. The first kappa shape index (κ1) is 19.8. The molecule has 0 spiro atoms. The highest BCUT2D eigenvalue weighted by molar-refractivity contribution is 9.09. The molecule has 0 N–H and O–H groups in total. The van der Waals surface area contributed by atoms with E-state index in [1.165, 1.54) is 36.1 Å². The molecule has 140 valence electrons. The van der Waals surface area contributed by atoms with Crippen molar-refractivity contribution in [1.29, 1.82) is 0 Å². The van der Waals surface area contributed by atoms with Crippen LogP contribution in [0.1, 0.15) is 46.5 Å². The molecule has 0 amide bonds. The van der Waals surface area contributed by atoms with Crippen LogP contribution < -0.4 is 10.4 Å². The van der Waals surface area contributed by atoms with Gasteiger partial charge in [0.05, 0.1) is 0 Å². The average molecular weight is 431 g/mol. The molecule has 0 aromatic heterocycles. The highest BCUT2D eigenvalue weighted by Gasteiger charge is 2.52. The molecule has 3 heteroatoms. The van der Waals surface area contributed by atoms with Gasteiger partial charge in [-0.15, -0.1) is 0 Å². The number of alkyl halides is 1. The van der Waals surface area contributed by atoms with Crippen LogP contribution in [0.2, 0.25) is 5.04 Å². The SMILES string of the molecule is CC(C)(C)[Si](O[C@@H]1CCCC[C@H]1CBr)(c1ccccc1)c1ccccc1. The molecule has 1 aliphatic carbocycles. The Morgan fingerprint density at radius 3 is 1.85 bits per heavy atom. The van der Waals surface area contributed by atoms with Gasteiger partial charge in [0.25, 0.3) is 8.32 Å². The summed E-state index contributed by atoms with van der Waals surface area (Å²) in [4.78, 5) is 0. The van der Waals surface area contributed by atoms with E-state index in [4.69, 9.17) is 4.43 Å². The van der Waals surface area contributed by atoms with Gasteiger partial charge < -0.3 is 4.43 Å². The van der Waals surface area contributed by atoms with E-state index in [1.807, 2.05) is 0 Å². The van der Waals surface area contributed by atoms with Crippen molar-refractivity contribution in [2.75, 3.05) is 5.33 Å². The number of hydrogen-bond donors (Lipinski definition) is 0. The first-order chi connectivity index (χ1) is 12.5. The van der Waals surface area contributed by atoms with Gasteiger partial charge in [-0.25, -0.2) is 0 Å². The summed E-state index contributed by atoms with van der Waals surface area (Å²) < 4.78 is 7.33. The topological polar surface area (TPSA) is 9.23 Å². The summed E-state index contributed by atoms with van der Waals surface area (Å²) in [5.41, 5.74) is 0. The zero-order valence-electron chi connectivity index (χ0n) is 16.2. The maximum atomic E-state index is 7.33. The minimum Gasteiger partial charge on any atom is -0.404 e. The van der Waals surface area contributed by atoms with E-state index in [-0.39, 0.29) is 5.04 Å². The van der Waals surface area contributed by atoms with Gasteiger partial charge in [0.2, 0.25) is 0 Å². The zero-order chi connectivity index (χ0) is 18.6. The molecular weight excluding hydrogens is 400 g/mol. The van der Waals surface area contributed by atoms with Crippen molar-refractivity contribution < 1.29 is 4.43 Å². The Bertz CT molecular complexity index is 641. The van der Waals surface area contributed by atoms with Gasteiger partial charge in [-0.2, -0.15) is 0 Å². The van der Waals surface area contributed by atoms with Crippen molar-refractivity contribution in [2.24, 2.45) is 5.92 Å². The second-order valence-corrected chi connectivity index (χ2v) is 13.4. The summed E-state index contributed by atoms with van der Waals surface area (Å²) in [6.45, 7) is 7.10. The average Bonchev–Trinajstić information content (AvgIpc) is 2.67. The molecule has 2 atom stereocenters. The Labute approximate surface area is 168 Å². The van der Waals surface area contributed by atoms with Gasteiger partial charge >= 0.3 is 0 Å². The predicted octanol–water partition coefficient (Wildman–Crippen LogP) is 5.52. The van der Waals surface area contributed by atoms with Crippen LogP contribution in [0.5, 0.6) is 0 Å². The predicted molar refractivity (Wildman–Crippen MR) is 118 cm³/mol. The van der Waals surface area contributed by atoms with Crippen molar-refractivity contribution in [3.8, 4) is 0 Å². The van der Waals surface area contributed by atoms with Gasteiger partial charge in [0.1, 0.15) is 0 Å². The van der Waals surface area contributed by atoms with Crippen LogP contribution >= 0.6 is 15.9 Å². The lowest BCUT2D eigenvalue weighted by Crippen LogP contribution is -2.68. The molecule has 0 bridgehead atoms. The Hall–Kier alpha value is -0.903. The van der Waals surface area contributed by atoms with Crippen molar-refractivity contribution in [3.63, 3.8) is 0 Å². The number of halogens is 1. The zero-order valence-corrected chi connectivity index (χ0v) is 18.8. The molecule has 26 heavy (non-hydrogen) atoms. The molecule has 1 fully saturated rings. The summed E-state index contributed by atoms with van der Waals surface area (Å²) in [7, 11) is -2.42. The molecule has 0 saturated heterocycles. The van der Waals surface area contributed by atoms with Crippen LogP contribution in [-0.4, -0.2) is 19.8 Å². The standard InChI is InChI=1S/C23H31BrOSi/c1-23(2,3)26(20-13-6-4-7-14-20,21-15-8-5-9-16-21)25-22-17-11-10-12-19(22)18-24/h4-9,13-16,19,22H,10-12,17-18H2,1-3H3/t19-,22+/m0/s1. The molecule has 3 rings (SSSR count). The van der Waals surface area contributed by atoms with E-state index in [2.05, 4.69) is 97.4 Å². The Morgan fingerprint density at radius 2 is 1.38 bits per heavy atom. The van der Waals surface area contributed by atoms with E-state index in [9.17, 15) is 0 Å². The van der Waals surface area contributed by atoms with Gasteiger partial charge in [-0.1, -0.05) is 110 Å². The summed E-state index contributed by atoms with van der Waals surface area (Å²) in [6, 6.07) is 22.0. The summed E-state index contributed by atoms with van der Waals surface area (Å²) >= 11 is 3.76. The Balaban J connectivity index is 2.14. The summed E-state index contributed by atoms with van der Waals surface area (Å²) in [5.74, 6) is 0.616. The molecule has 0 aliphatic heterocycles. The van der Waals surface area contributed by atoms with Gasteiger partial charge in [-0.3, -0.25) is 0 Å². The third-order valence-corrected chi connectivity index (χ3v) is 11.7. The lowest BCUT2D eigenvalue weighted by molar-refractivity contribution is 0.0955. The van der Waals surface area contributed by atoms with Crippen molar-refractivity contribution in [1.82, 2.24) is 0 Å². The lowest BCUT2D eigenvalue weighted by atomic mass is 9.88. The quantitative estimate of drug-likeness (QED) is 0.448. The maximum Gasteiger partial charge on any atom is 0.261 e. The first-order valence-electron chi connectivity index (χ1n) is 9.84. The van der Waals surface area contributed by atoms with E-state index >= 15 is 0 Å². The van der Waals surface area contributed by atoms with Gasteiger partial charge in [0, 0.05) is 11.4 Å². The van der Waals surface area contributed by atoms with Crippen LogP contribution in [0.25, 0.3) is 0 Å². The largest absolute Gasteiger partial charge is 0.404 e. The van der Waals surface area contributed by atoms with Crippen LogP contribution in [0.15, 0.2) is 60.7 Å². The first-order valence-corrected chi connectivity index (χ1v) is 12.9. The fourth-order valence-electron chi connectivity index (χ4n) is 4.42. The minimum atomic E-state index is -2.42. The molecule has 0 unspecified atom stereocenters. The van der Waals surface area contributed by atoms with Crippen LogP contribution in [0, 0.1) is 5.92 Å². The Morgan fingerprint density at radius 1 is 0.885 bits per heavy atom. The number of hydrogen-bond acceptors (Lipinski definition) is 1. The van der Waals surface area contributed by atoms with Crippen LogP contribution in [-0.2, 0) is 4.43 Å². The summed E-state index contributed by atoms with van der Waals surface area (Å²) in [5, 5.41) is 3.87. The second-order valence-electron chi connectivity index (χ2n) is 8.52. The van der Waals surface area contributed by atoms with Crippen LogP contribution in [0.4, 0.5) is 0 Å². The second kappa shape index (κ2) is 8.41. The minimum absolute atomic E-state index is 0.0595. The molecule has 1 saturated carbocycles. The maximum absolute atomic E-state index is 7.33. The third kappa shape index (κ3) is 3.85. The third-order valence-electron chi connectivity index (χ3n) is 5.78. The number of rotatable bonds is 5. The molecule has 0 radical (unpaired) electrons. The monoisotopic (exact) mass is 430 g/mol. The highest BCUT2D eigenvalue weighted by Crippen LogP contribution is 2.40. The van der Waals surface area contributed by atoms with E-state index in [0.29, 0.717) is 12.0 Å². The van der Waals surface area contributed by atoms with Crippen molar-refractivity contribution >= 4 is 34.6 Å². The van der Waals surface area contributed by atoms with Crippen molar-refractivity contribution in [2.45, 2.75) is 57.6 Å². The lowest BCUT2D eigenvalue weighted by Gasteiger charge is -2.47. The van der Waals surface area contributed by atoms with Crippen LogP contribution in [0.3, 0.4) is 0 Å². The highest BCUT2D eigenvalue weighted by atomic mass is 79.9. The molecular formula is C23H31BrOSi. The Kier molecular flexibility index (Phi) is 6.42. The number of benzene rings is 2. The van der Waals surface area contributed by atoms with Crippen molar-refractivity contribution in [3.05, 3.63) is 60.7 Å². The van der Waals surface area contributed by atoms with Gasteiger partial charge in [-0.05, 0) is 34.2 Å². The molecule has 1 nitrogen and oxygen atoms in total. The smallest absolute Gasteiger partial charge is 0.261 e. The summed E-state index contributed by atoms with van der Waals surface area (Å²) in [6.07, 6.45) is 5.41. The van der Waals surface area contributed by atoms with E-state index < -0.39 is 8.32 Å². The van der Waals surface area contributed by atoms with E-state index in [1.54, 1.807) is 0 Å². The molecule has 1 aliphatic rings. The molecule has 0 heterocycles. The fourth-order valence-corrected chi connectivity index (χ4v) is 9.94. The molecule has 2 aromatic carbocycles. The molecule has 2 aromatic rings.